The second-order valence-electron chi connectivity index (χ2n) is 7.50. The average molecular weight is 400 g/mol. The Balaban J connectivity index is 1.64. The maximum absolute atomic E-state index is 13.0. The number of nitrogens with zero attached hydrogens (tertiary/aromatic N) is 1. The van der Waals surface area contributed by atoms with Crippen LogP contribution in [0.25, 0.3) is 0 Å². The SMILES string of the molecule is C=C(CNC(=O)[C@H](O)C(O)C(=O)N1CCc2ccccc2C1C1CC1)O/C=C\C. The molecule has 2 aliphatic rings. The minimum absolute atomic E-state index is 0.0388. The van der Waals surface area contributed by atoms with Crippen LogP contribution in [0.15, 0.2) is 48.9 Å². The third-order valence-electron chi connectivity index (χ3n) is 5.33. The molecular weight excluding hydrogens is 372 g/mol. The number of benzene rings is 1. The van der Waals surface area contributed by atoms with Gasteiger partial charge in [0.1, 0.15) is 5.76 Å². The van der Waals surface area contributed by atoms with Crippen molar-refractivity contribution < 1.29 is 24.5 Å². The van der Waals surface area contributed by atoms with Crippen molar-refractivity contribution in [2.24, 2.45) is 5.92 Å². The fourth-order valence-corrected chi connectivity index (χ4v) is 3.71. The van der Waals surface area contributed by atoms with E-state index in [4.69, 9.17) is 4.74 Å². The van der Waals surface area contributed by atoms with Gasteiger partial charge in [-0.25, -0.2) is 0 Å². The molecule has 1 heterocycles. The predicted octanol–water partition coefficient (Wildman–Crippen LogP) is 1.42. The molecule has 0 saturated heterocycles. The average Bonchev–Trinajstić information content (AvgIpc) is 3.58. The van der Waals surface area contributed by atoms with Crippen LogP contribution in [0.5, 0.6) is 0 Å². The Labute approximate surface area is 170 Å². The topological polar surface area (TPSA) is 99.1 Å². The Morgan fingerprint density at radius 3 is 2.72 bits per heavy atom. The lowest BCUT2D eigenvalue weighted by molar-refractivity contribution is -0.155. The largest absolute Gasteiger partial charge is 0.468 e. The van der Waals surface area contributed by atoms with Crippen molar-refractivity contribution in [1.82, 2.24) is 10.2 Å². The Bertz CT molecular complexity index is 802. The number of rotatable bonds is 8. The molecule has 1 aliphatic carbocycles. The summed E-state index contributed by atoms with van der Waals surface area (Å²) in [5.41, 5.74) is 2.30. The molecule has 3 rings (SSSR count). The zero-order valence-corrected chi connectivity index (χ0v) is 16.6. The molecule has 0 radical (unpaired) electrons. The highest BCUT2D eigenvalue weighted by atomic mass is 16.5. The van der Waals surface area contributed by atoms with Gasteiger partial charge in [0.2, 0.25) is 0 Å². The summed E-state index contributed by atoms with van der Waals surface area (Å²) >= 11 is 0. The van der Waals surface area contributed by atoms with Crippen molar-refractivity contribution in [3.05, 3.63) is 60.1 Å². The van der Waals surface area contributed by atoms with Crippen molar-refractivity contribution >= 4 is 11.8 Å². The van der Waals surface area contributed by atoms with E-state index in [1.165, 1.54) is 11.8 Å². The minimum Gasteiger partial charge on any atom is -0.468 e. The van der Waals surface area contributed by atoms with E-state index in [0.717, 1.165) is 18.4 Å². The lowest BCUT2D eigenvalue weighted by atomic mass is 9.89. The molecule has 1 saturated carbocycles. The Hall–Kier alpha value is -2.64. The van der Waals surface area contributed by atoms with Gasteiger partial charge >= 0.3 is 0 Å². The number of ether oxygens (including phenoxy) is 1. The highest BCUT2D eigenvalue weighted by Gasteiger charge is 2.44. The molecule has 29 heavy (non-hydrogen) atoms. The molecule has 0 aromatic heterocycles. The van der Waals surface area contributed by atoms with Crippen LogP contribution in [-0.4, -0.2) is 52.2 Å². The van der Waals surface area contributed by atoms with Gasteiger partial charge in [0.05, 0.1) is 18.8 Å². The normalized spacial score (nSPS) is 20.7. The number of aliphatic hydroxyl groups excluding tert-OH is 2. The highest BCUT2D eigenvalue weighted by molar-refractivity contribution is 5.91. The van der Waals surface area contributed by atoms with Crippen LogP contribution in [0, 0.1) is 5.92 Å². The third kappa shape index (κ3) is 4.86. The van der Waals surface area contributed by atoms with Crippen LogP contribution < -0.4 is 5.32 Å². The molecular formula is C22H28N2O5. The molecule has 156 valence electrons. The lowest BCUT2D eigenvalue weighted by Crippen LogP contribution is -2.53. The molecule has 1 aromatic carbocycles. The first-order valence-electron chi connectivity index (χ1n) is 9.91. The van der Waals surface area contributed by atoms with E-state index in [1.54, 1.807) is 17.9 Å². The predicted molar refractivity (Wildman–Crippen MR) is 107 cm³/mol. The van der Waals surface area contributed by atoms with Crippen LogP contribution in [-0.2, 0) is 20.7 Å². The number of fused-ring (bicyclic) bond motifs is 1. The maximum atomic E-state index is 13.0. The molecule has 1 aromatic rings. The van der Waals surface area contributed by atoms with Gasteiger partial charge in [0, 0.05) is 6.54 Å². The first-order chi connectivity index (χ1) is 13.9. The molecule has 1 fully saturated rings. The quantitative estimate of drug-likeness (QED) is 0.574. The summed E-state index contributed by atoms with van der Waals surface area (Å²) in [7, 11) is 0. The number of aliphatic hydroxyl groups is 2. The fraction of sp³-hybridized carbons (Fsp3) is 0.455. The van der Waals surface area contributed by atoms with Gasteiger partial charge in [-0.05, 0) is 43.2 Å². The molecule has 0 spiro atoms. The summed E-state index contributed by atoms with van der Waals surface area (Å²) in [6.45, 7) is 5.81. The molecule has 7 heteroatoms. The lowest BCUT2D eigenvalue weighted by Gasteiger charge is -2.39. The number of allylic oxidation sites excluding steroid dienone is 1. The summed E-state index contributed by atoms with van der Waals surface area (Å²) in [6, 6.07) is 7.89. The Morgan fingerprint density at radius 2 is 2.03 bits per heavy atom. The van der Waals surface area contributed by atoms with E-state index in [2.05, 4.69) is 18.0 Å². The van der Waals surface area contributed by atoms with Gasteiger partial charge < -0.3 is 25.2 Å². The van der Waals surface area contributed by atoms with Gasteiger partial charge in [-0.2, -0.15) is 0 Å². The molecule has 1 aliphatic heterocycles. The molecule has 2 unspecified atom stereocenters. The van der Waals surface area contributed by atoms with Crippen molar-refractivity contribution in [2.45, 2.75) is 44.4 Å². The van der Waals surface area contributed by atoms with Crippen molar-refractivity contribution in [3.63, 3.8) is 0 Å². The number of amides is 2. The molecule has 3 atom stereocenters. The number of nitrogens with one attached hydrogen (secondary N) is 1. The monoisotopic (exact) mass is 400 g/mol. The van der Waals surface area contributed by atoms with Crippen LogP contribution in [0.2, 0.25) is 0 Å². The molecule has 0 bridgehead atoms. The van der Waals surface area contributed by atoms with Gasteiger partial charge in [-0.3, -0.25) is 9.59 Å². The zero-order chi connectivity index (χ0) is 21.0. The first kappa shape index (κ1) is 21.1. The van der Waals surface area contributed by atoms with Gasteiger partial charge in [-0.1, -0.05) is 36.9 Å². The van der Waals surface area contributed by atoms with Crippen LogP contribution >= 0.6 is 0 Å². The van der Waals surface area contributed by atoms with Crippen LogP contribution in [0.1, 0.15) is 36.9 Å². The zero-order valence-electron chi connectivity index (χ0n) is 16.6. The Kier molecular flexibility index (Phi) is 6.71. The third-order valence-corrected chi connectivity index (χ3v) is 5.33. The smallest absolute Gasteiger partial charge is 0.255 e. The molecule has 2 amide bonds. The minimum atomic E-state index is -1.87. The number of hydrogen-bond acceptors (Lipinski definition) is 5. The number of carbonyl (C=O) groups is 2. The number of carbonyl (C=O) groups excluding carboxylic acids is 2. The second-order valence-corrected chi connectivity index (χ2v) is 7.50. The van der Waals surface area contributed by atoms with E-state index in [9.17, 15) is 19.8 Å². The summed E-state index contributed by atoms with van der Waals surface area (Å²) in [5, 5.41) is 23.0. The summed E-state index contributed by atoms with van der Waals surface area (Å²) in [6.07, 6.45) is 2.11. The van der Waals surface area contributed by atoms with Gasteiger partial charge in [0.25, 0.3) is 11.8 Å². The van der Waals surface area contributed by atoms with E-state index < -0.39 is 24.0 Å². The fourth-order valence-electron chi connectivity index (χ4n) is 3.71. The van der Waals surface area contributed by atoms with E-state index in [1.807, 2.05) is 18.2 Å². The standard InChI is InChI=1S/C22H28N2O5/c1-3-12-29-14(2)13-23-21(27)19(25)20(26)22(28)24-11-10-15-6-4-5-7-17(15)18(24)16-8-9-16/h3-7,12,16,18-20,25-26H,2,8-11,13H2,1H3,(H,23,27)/b12-3-/t18?,19-,20?/m1/s1. The molecule has 3 N–H and O–H groups in total. The highest BCUT2D eigenvalue weighted by Crippen LogP contribution is 2.47. The van der Waals surface area contributed by atoms with Gasteiger partial charge in [0.15, 0.2) is 12.2 Å². The maximum Gasteiger partial charge on any atom is 0.255 e. The van der Waals surface area contributed by atoms with Crippen LogP contribution in [0.4, 0.5) is 0 Å². The summed E-state index contributed by atoms with van der Waals surface area (Å²) in [5.74, 6) is -0.851. The summed E-state index contributed by atoms with van der Waals surface area (Å²) < 4.78 is 5.10. The van der Waals surface area contributed by atoms with Crippen molar-refractivity contribution in [3.8, 4) is 0 Å². The van der Waals surface area contributed by atoms with Gasteiger partial charge in [-0.15, -0.1) is 0 Å². The summed E-state index contributed by atoms with van der Waals surface area (Å²) in [4.78, 5) is 26.8. The van der Waals surface area contributed by atoms with E-state index >= 15 is 0 Å². The second kappa shape index (κ2) is 9.24. The Morgan fingerprint density at radius 1 is 1.31 bits per heavy atom. The van der Waals surface area contributed by atoms with Crippen molar-refractivity contribution in [1.29, 1.82) is 0 Å². The molecule has 7 nitrogen and oxygen atoms in total. The number of hydrogen-bond donors (Lipinski definition) is 3. The first-order valence-corrected chi connectivity index (χ1v) is 9.91. The van der Waals surface area contributed by atoms with E-state index in [0.29, 0.717) is 18.9 Å². The van der Waals surface area contributed by atoms with Crippen LogP contribution in [0.3, 0.4) is 0 Å². The van der Waals surface area contributed by atoms with E-state index in [-0.39, 0.29) is 18.3 Å². The van der Waals surface area contributed by atoms with Crippen molar-refractivity contribution in [2.75, 3.05) is 13.1 Å².